The quantitative estimate of drug-likeness (QED) is 0.173. The Bertz CT molecular complexity index is 1300. The van der Waals surface area contributed by atoms with Crippen molar-refractivity contribution in [3.05, 3.63) is 41.5 Å². The molecule has 0 bridgehead atoms. The van der Waals surface area contributed by atoms with Gasteiger partial charge in [0.1, 0.15) is 65.5 Å². The van der Waals surface area contributed by atoms with Gasteiger partial charge in [0.2, 0.25) is 6.29 Å². The van der Waals surface area contributed by atoms with Gasteiger partial charge in [0.15, 0.2) is 29.7 Å². The molecule has 0 aromatic heterocycles. The number of carbonyl (C=O) groups is 1. The Morgan fingerprint density at radius 3 is 2.26 bits per heavy atom. The summed E-state index contributed by atoms with van der Waals surface area (Å²) < 4.78 is 28.4. The molecule has 3 aliphatic rings. The molecule has 11 atom stereocenters. The lowest BCUT2D eigenvalue weighted by Gasteiger charge is -2.45. The molecule has 10 unspecified atom stereocenters. The van der Waals surface area contributed by atoms with E-state index in [1.54, 1.807) is 0 Å². The highest BCUT2D eigenvalue weighted by molar-refractivity contribution is 6.02. The van der Waals surface area contributed by atoms with E-state index >= 15 is 0 Å². The molecule has 0 amide bonds. The number of fused-ring (bicyclic) bond motifs is 1. The van der Waals surface area contributed by atoms with Gasteiger partial charge in [-0.25, -0.2) is 0 Å². The standard InChI is InChI=1S/C27H32O15/c1-9-20(33)22(35)24(37)26(38-9)42-25-23(36)21(34)18(8-28)41-27(25)39-11-5-14(31)19-15(32)7-16(40-17(19)6-11)10-2-3-12(29)13(30)4-10/h2-6,9,16,18,20-31,33-37H,7-8H2,1H3/t9?,16-,18?,20?,21?,22?,23?,24?,25?,26?,27?/m0/s1. The topological polar surface area (TPSA) is 245 Å². The molecule has 3 heterocycles. The minimum Gasteiger partial charge on any atom is -0.507 e. The SMILES string of the molecule is CC1OC(OC2C(Oc3cc(O)c4c(c3)O[C@H](c3ccc(O)c(O)c3)CC4=O)OC(CO)C(O)C2O)C(O)C(O)C1O. The zero-order valence-electron chi connectivity index (χ0n) is 22.1. The van der Waals surface area contributed by atoms with Crippen molar-refractivity contribution in [2.24, 2.45) is 0 Å². The number of ether oxygens (including phenoxy) is 5. The van der Waals surface area contributed by atoms with E-state index in [1.165, 1.54) is 31.2 Å². The van der Waals surface area contributed by atoms with Crippen LogP contribution in [-0.2, 0) is 14.2 Å². The van der Waals surface area contributed by atoms with Crippen LogP contribution in [0.15, 0.2) is 30.3 Å². The molecule has 42 heavy (non-hydrogen) atoms. The molecule has 15 heteroatoms. The number of carbonyl (C=O) groups excluding carboxylic acids is 1. The molecule has 3 aliphatic heterocycles. The first-order chi connectivity index (χ1) is 19.9. The molecule has 2 aromatic rings. The minimum atomic E-state index is -1.77. The summed E-state index contributed by atoms with van der Waals surface area (Å²) in [5.41, 5.74) is 0.234. The maximum absolute atomic E-state index is 12.9. The lowest BCUT2D eigenvalue weighted by atomic mass is 9.95. The summed E-state index contributed by atoms with van der Waals surface area (Å²) in [4.78, 5) is 12.9. The summed E-state index contributed by atoms with van der Waals surface area (Å²) in [6.07, 6.45) is -16.5. The van der Waals surface area contributed by atoms with Crippen molar-refractivity contribution in [1.82, 2.24) is 0 Å². The molecule has 15 nitrogen and oxygen atoms in total. The maximum Gasteiger partial charge on any atom is 0.229 e. The average Bonchev–Trinajstić information content (AvgIpc) is 2.95. The normalized spacial score (nSPS) is 36.6. The fourth-order valence-electron chi connectivity index (χ4n) is 5.12. The number of aliphatic hydroxyl groups excluding tert-OH is 6. The molecule has 0 aliphatic carbocycles. The maximum atomic E-state index is 12.9. The summed E-state index contributed by atoms with van der Waals surface area (Å²) in [6, 6.07) is 6.25. The average molecular weight is 597 g/mol. The smallest absolute Gasteiger partial charge is 0.229 e. The second kappa shape index (κ2) is 11.8. The molecular weight excluding hydrogens is 564 g/mol. The van der Waals surface area contributed by atoms with Gasteiger partial charge < -0.3 is 69.6 Å². The molecule has 2 fully saturated rings. The molecule has 0 radical (unpaired) electrons. The van der Waals surface area contributed by atoms with E-state index in [0.717, 1.165) is 6.07 Å². The van der Waals surface area contributed by atoms with Gasteiger partial charge in [-0.3, -0.25) is 4.79 Å². The van der Waals surface area contributed by atoms with Gasteiger partial charge >= 0.3 is 0 Å². The zero-order chi connectivity index (χ0) is 30.5. The number of aliphatic hydroxyl groups is 6. The predicted molar refractivity (Wildman–Crippen MR) is 136 cm³/mol. The summed E-state index contributed by atoms with van der Waals surface area (Å²) in [5.74, 6) is -2.02. The Morgan fingerprint density at radius 1 is 0.833 bits per heavy atom. The lowest BCUT2D eigenvalue weighted by molar-refractivity contribution is -0.354. The Kier molecular flexibility index (Phi) is 8.48. The van der Waals surface area contributed by atoms with E-state index in [1.807, 2.05) is 0 Å². The molecule has 2 saturated heterocycles. The number of phenols is 3. The number of Topliss-reactive ketones (excluding diaryl/α,β-unsaturated/α-hetero) is 1. The van der Waals surface area contributed by atoms with Crippen LogP contribution in [-0.4, -0.2) is 120 Å². The van der Waals surface area contributed by atoms with Crippen LogP contribution in [0.25, 0.3) is 0 Å². The first kappa shape index (κ1) is 30.2. The van der Waals surface area contributed by atoms with Crippen LogP contribution >= 0.6 is 0 Å². The molecule has 0 saturated carbocycles. The van der Waals surface area contributed by atoms with E-state index in [9.17, 15) is 50.8 Å². The fraction of sp³-hybridized carbons (Fsp3) is 0.519. The molecule has 5 rings (SSSR count). The van der Waals surface area contributed by atoms with Crippen LogP contribution in [0, 0.1) is 0 Å². The lowest BCUT2D eigenvalue weighted by Crippen LogP contribution is -2.64. The van der Waals surface area contributed by atoms with Gasteiger partial charge in [-0.05, 0) is 24.6 Å². The van der Waals surface area contributed by atoms with Crippen LogP contribution < -0.4 is 9.47 Å². The highest BCUT2D eigenvalue weighted by Gasteiger charge is 2.51. The van der Waals surface area contributed by atoms with Crippen molar-refractivity contribution < 1.29 is 74.4 Å². The third-order valence-corrected chi connectivity index (χ3v) is 7.52. The highest BCUT2D eigenvalue weighted by atomic mass is 16.8. The Balaban J connectivity index is 1.42. The van der Waals surface area contributed by atoms with Crippen molar-refractivity contribution in [2.45, 2.75) is 80.9 Å². The van der Waals surface area contributed by atoms with E-state index in [-0.39, 0.29) is 29.2 Å². The van der Waals surface area contributed by atoms with Gasteiger partial charge in [0.05, 0.1) is 19.1 Å². The number of rotatable bonds is 6. The number of aromatic hydroxyl groups is 3. The van der Waals surface area contributed by atoms with Crippen LogP contribution in [0.1, 0.15) is 35.4 Å². The van der Waals surface area contributed by atoms with Crippen molar-refractivity contribution >= 4 is 5.78 Å². The van der Waals surface area contributed by atoms with Crippen LogP contribution in [0.5, 0.6) is 28.7 Å². The number of phenolic OH excluding ortho intramolecular Hbond substituents is 3. The minimum absolute atomic E-state index is 0.0941. The number of hydrogen-bond acceptors (Lipinski definition) is 15. The summed E-state index contributed by atoms with van der Waals surface area (Å²) in [5, 5.41) is 91.6. The zero-order valence-corrected chi connectivity index (χ0v) is 22.1. The highest BCUT2D eigenvalue weighted by Crippen LogP contribution is 2.43. The molecule has 0 spiro atoms. The largest absolute Gasteiger partial charge is 0.507 e. The number of benzene rings is 2. The third-order valence-electron chi connectivity index (χ3n) is 7.52. The van der Waals surface area contributed by atoms with Gasteiger partial charge in [0.25, 0.3) is 0 Å². The van der Waals surface area contributed by atoms with Gasteiger partial charge in [-0.15, -0.1) is 0 Å². The molecular formula is C27H32O15. The van der Waals surface area contributed by atoms with E-state index in [4.69, 9.17) is 23.7 Å². The van der Waals surface area contributed by atoms with E-state index in [0.29, 0.717) is 5.56 Å². The first-order valence-corrected chi connectivity index (χ1v) is 13.1. The number of ketones is 1. The van der Waals surface area contributed by atoms with Crippen molar-refractivity contribution in [1.29, 1.82) is 0 Å². The summed E-state index contributed by atoms with van der Waals surface area (Å²) >= 11 is 0. The summed E-state index contributed by atoms with van der Waals surface area (Å²) in [7, 11) is 0. The van der Waals surface area contributed by atoms with Crippen LogP contribution in [0.4, 0.5) is 0 Å². The second-order valence-electron chi connectivity index (χ2n) is 10.4. The Hall–Kier alpha value is -3.25. The van der Waals surface area contributed by atoms with Crippen LogP contribution in [0.3, 0.4) is 0 Å². The monoisotopic (exact) mass is 596 g/mol. The second-order valence-corrected chi connectivity index (χ2v) is 10.4. The predicted octanol–water partition coefficient (Wildman–Crippen LogP) is -1.46. The van der Waals surface area contributed by atoms with Crippen LogP contribution in [0.2, 0.25) is 0 Å². The van der Waals surface area contributed by atoms with E-state index < -0.39 is 91.4 Å². The Morgan fingerprint density at radius 2 is 1.57 bits per heavy atom. The fourth-order valence-corrected chi connectivity index (χ4v) is 5.12. The molecule has 2 aromatic carbocycles. The van der Waals surface area contributed by atoms with Gasteiger partial charge in [0, 0.05) is 12.1 Å². The van der Waals surface area contributed by atoms with Crippen molar-refractivity contribution in [3.63, 3.8) is 0 Å². The van der Waals surface area contributed by atoms with E-state index in [2.05, 4.69) is 0 Å². The third kappa shape index (κ3) is 5.58. The molecule has 230 valence electrons. The first-order valence-electron chi connectivity index (χ1n) is 13.1. The van der Waals surface area contributed by atoms with Crippen molar-refractivity contribution in [2.75, 3.05) is 6.61 Å². The summed E-state index contributed by atoms with van der Waals surface area (Å²) in [6.45, 7) is 0.683. The Labute approximate surface area is 238 Å². The number of hydrogen-bond donors (Lipinski definition) is 9. The van der Waals surface area contributed by atoms with Gasteiger partial charge in [-0.1, -0.05) is 6.07 Å². The van der Waals surface area contributed by atoms with Crippen molar-refractivity contribution in [3.8, 4) is 28.7 Å². The molecule has 9 N–H and O–H groups in total. The van der Waals surface area contributed by atoms with Gasteiger partial charge in [-0.2, -0.15) is 0 Å².